The van der Waals surface area contributed by atoms with Gasteiger partial charge in [-0.15, -0.1) is 0 Å². The van der Waals surface area contributed by atoms with Crippen LogP contribution in [0.4, 0.5) is 0 Å². The van der Waals surface area contributed by atoms with Gasteiger partial charge in [0.2, 0.25) is 0 Å². The molecule has 102 valence electrons. The molecule has 0 saturated heterocycles. The van der Waals surface area contributed by atoms with Gasteiger partial charge in [-0.25, -0.2) is 4.79 Å². The highest BCUT2D eigenvalue weighted by molar-refractivity contribution is 5.95. The van der Waals surface area contributed by atoms with Gasteiger partial charge in [0.25, 0.3) is 0 Å². The highest BCUT2D eigenvalue weighted by Gasteiger charge is 2.11. The molecular formula is C15H20N2O2. The second-order valence-electron chi connectivity index (χ2n) is 4.53. The van der Waals surface area contributed by atoms with Gasteiger partial charge in [-0.05, 0) is 36.9 Å². The van der Waals surface area contributed by atoms with E-state index >= 15 is 0 Å². The molecule has 4 nitrogen and oxygen atoms in total. The second-order valence-corrected chi connectivity index (χ2v) is 4.53. The van der Waals surface area contributed by atoms with E-state index < -0.39 is 0 Å². The minimum Gasteiger partial charge on any atom is -0.465 e. The Morgan fingerprint density at radius 2 is 2.05 bits per heavy atom. The van der Waals surface area contributed by atoms with Crippen molar-refractivity contribution in [1.29, 1.82) is 0 Å². The number of carbonyl (C=O) groups is 1. The molecule has 0 fully saturated rings. The molecule has 0 aliphatic rings. The molecule has 2 aromatic rings. The summed E-state index contributed by atoms with van der Waals surface area (Å²) in [6.07, 6.45) is 2.02. The number of ether oxygens (including phenoxy) is 1. The van der Waals surface area contributed by atoms with Crippen molar-refractivity contribution in [3.8, 4) is 0 Å². The third kappa shape index (κ3) is 2.79. The summed E-state index contributed by atoms with van der Waals surface area (Å²) in [5.41, 5.74) is 2.86. The SMILES string of the molecule is CCN(CC)Cc1c[nH]c2ccc(C(=O)OC)cc12. The maximum Gasteiger partial charge on any atom is 0.337 e. The van der Waals surface area contributed by atoms with Crippen LogP contribution in [0.25, 0.3) is 10.9 Å². The first-order chi connectivity index (χ1) is 9.19. The first-order valence-corrected chi connectivity index (χ1v) is 6.60. The second kappa shape index (κ2) is 5.89. The molecule has 1 heterocycles. The standard InChI is InChI=1S/C15H20N2O2/c1-4-17(5-2)10-12-9-16-14-7-6-11(8-13(12)14)15(18)19-3/h6-9,16H,4-5,10H2,1-3H3. The zero-order valence-corrected chi connectivity index (χ0v) is 11.7. The Kier molecular flexibility index (Phi) is 4.22. The maximum absolute atomic E-state index is 11.6. The topological polar surface area (TPSA) is 45.3 Å². The normalized spacial score (nSPS) is 11.2. The minimum atomic E-state index is -0.295. The van der Waals surface area contributed by atoms with Crippen LogP contribution in [0.2, 0.25) is 0 Å². The van der Waals surface area contributed by atoms with Crippen molar-refractivity contribution in [1.82, 2.24) is 9.88 Å². The van der Waals surface area contributed by atoms with Crippen molar-refractivity contribution in [2.75, 3.05) is 20.2 Å². The molecule has 0 saturated carbocycles. The van der Waals surface area contributed by atoms with Gasteiger partial charge >= 0.3 is 5.97 Å². The highest BCUT2D eigenvalue weighted by Crippen LogP contribution is 2.21. The summed E-state index contributed by atoms with van der Waals surface area (Å²) in [5, 5.41) is 1.09. The lowest BCUT2D eigenvalue weighted by atomic mass is 10.1. The molecular weight excluding hydrogens is 240 g/mol. The van der Waals surface area contributed by atoms with Crippen LogP contribution < -0.4 is 0 Å². The number of hydrogen-bond acceptors (Lipinski definition) is 3. The fourth-order valence-corrected chi connectivity index (χ4v) is 2.24. The van der Waals surface area contributed by atoms with Gasteiger partial charge in [-0.1, -0.05) is 13.8 Å². The van der Waals surface area contributed by atoms with Gasteiger partial charge in [0, 0.05) is 23.6 Å². The van der Waals surface area contributed by atoms with Gasteiger partial charge in [0.05, 0.1) is 12.7 Å². The lowest BCUT2D eigenvalue weighted by Gasteiger charge is -2.17. The Morgan fingerprint density at radius 3 is 2.68 bits per heavy atom. The Hall–Kier alpha value is -1.81. The Morgan fingerprint density at radius 1 is 1.32 bits per heavy atom. The first kappa shape index (κ1) is 13.6. The van der Waals surface area contributed by atoms with Crippen molar-refractivity contribution in [2.24, 2.45) is 0 Å². The molecule has 0 aliphatic carbocycles. The molecule has 0 atom stereocenters. The highest BCUT2D eigenvalue weighted by atomic mass is 16.5. The van der Waals surface area contributed by atoms with E-state index in [1.54, 1.807) is 6.07 Å². The van der Waals surface area contributed by atoms with Gasteiger partial charge in [-0.2, -0.15) is 0 Å². The molecule has 4 heteroatoms. The van der Waals surface area contributed by atoms with Crippen molar-refractivity contribution < 1.29 is 9.53 Å². The van der Waals surface area contributed by atoms with Crippen LogP contribution in [0.3, 0.4) is 0 Å². The van der Waals surface area contributed by atoms with E-state index in [1.807, 2.05) is 18.3 Å². The number of aromatic nitrogens is 1. The zero-order valence-electron chi connectivity index (χ0n) is 11.7. The number of nitrogens with zero attached hydrogens (tertiary/aromatic N) is 1. The average Bonchev–Trinajstić information content (AvgIpc) is 2.86. The van der Waals surface area contributed by atoms with Crippen LogP contribution in [-0.4, -0.2) is 36.1 Å². The van der Waals surface area contributed by atoms with E-state index in [1.165, 1.54) is 12.7 Å². The molecule has 0 bridgehead atoms. The summed E-state index contributed by atoms with van der Waals surface area (Å²) < 4.78 is 4.77. The predicted octanol–water partition coefficient (Wildman–Crippen LogP) is 2.80. The molecule has 1 N–H and O–H groups in total. The van der Waals surface area contributed by atoms with E-state index in [0.717, 1.165) is 30.5 Å². The van der Waals surface area contributed by atoms with E-state index in [4.69, 9.17) is 4.74 Å². The number of nitrogens with one attached hydrogen (secondary N) is 1. The van der Waals surface area contributed by atoms with Crippen molar-refractivity contribution in [3.63, 3.8) is 0 Å². The molecule has 0 radical (unpaired) electrons. The van der Waals surface area contributed by atoms with Gasteiger partial charge < -0.3 is 9.72 Å². The average molecular weight is 260 g/mol. The van der Waals surface area contributed by atoms with Gasteiger partial charge in [0.15, 0.2) is 0 Å². The number of H-pyrrole nitrogens is 1. The van der Waals surface area contributed by atoms with Crippen LogP contribution in [0.5, 0.6) is 0 Å². The van der Waals surface area contributed by atoms with Crippen LogP contribution in [0.1, 0.15) is 29.8 Å². The van der Waals surface area contributed by atoms with E-state index in [0.29, 0.717) is 5.56 Å². The van der Waals surface area contributed by atoms with E-state index in [2.05, 4.69) is 23.7 Å². The summed E-state index contributed by atoms with van der Waals surface area (Å²) in [7, 11) is 1.40. The Bertz CT molecular complexity index is 571. The lowest BCUT2D eigenvalue weighted by molar-refractivity contribution is 0.0601. The molecule has 0 aliphatic heterocycles. The summed E-state index contributed by atoms with van der Waals surface area (Å²) in [6, 6.07) is 5.61. The van der Waals surface area contributed by atoms with Crippen LogP contribution in [-0.2, 0) is 11.3 Å². The largest absolute Gasteiger partial charge is 0.465 e. The Balaban J connectivity index is 2.37. The minimum absolute atomic E-state index is 0.295. The third-order valence-corrected chi connectivity index (χ3v) is 3.48. The number of esters is 1. The number of fused-ring (bicyclic) bond motifs is 1. The van der Waals surface area contributed by atoms with Crippen LogP contribution in [0, 0.1) is 0 Å². The lowest BCUT2D eigenvalue weighted by Crippen LogP contribution is -2.21. The number of carbonyl (C=O) groups excluding carboxylic acids is 1. The number of hydrogen-bond donors (Lipinski definition) is 1. The number of methoxy groups -OCH3 is 1. The van der Waals surface area contributed by atoms with Crippen LogP contribution >= 0.6 is 0 Å². The molecule has 0 unspecified atom stereocenters. The van der Waals surface area contributed by atoms with E-state index in [-0.39, 0.29) is 5.97 Å². The summed E-state index contributed by atoms with van der Waals surface area (Å²) in [4.78, 5) is 17.2. The molecule has 0 spiro atoms. The summed E-state index contributed by atoms with van der Waals surface area (Å²) in [6.45, 7) is 7.22. The molecule has 2 rings (SSSR count). The number of aromatic amines is 1. The predicted molar refractivity (Wildman–Crippen MR) is 76.3 cm³/mol. The first-order valence-electron chi connectivity index (χ1n) is 6.60. The fourth-order valence-electron chi connectivity index (χ4n) is 2.24. The van der Waals surface area contributed by atoms with Crippen molar-refractivity contribution in [2.45, 2.75) is 20.4 Å². The molecule has 19 heavy (non-hydrogen) atoms. The summed E-state index contributed by atoms with van der Waals surface area (Å²) in [5.74, 6) is -0.295. The number of benzene rings is 1. The zero-order chi connectivity index (χ0) is 13.8. The number of rotatable bonds is 5. The van der Waals surface area contributed by atoms with Crippen molar-refractivity contribution in [3.05, 3.63) is 35.5 Å². The quantitative estimate of drug-likeness (QED) is 0.841. The molecule has 1 aromatic heterocycles. The van der Waals surface area contributed by atoms with Gasteiger partial charge in [-0.3, -0.25) is 4.90 Å². The Labute approximate surface area is 113 Å². The van der Waals surface area contributed by atoms with Crippen molar-refractivity contribution >= 4 is 16.9 Å². The maximum atomic E-state index is 11.6. The third-order valence-electron chi connectivity index (χ3n) is 3.48. The molecule has 0 amide bonds. The molecule has 1 aromatic carbocycles. The monoisotopic (exact) mass is 260 g/mol. The van der Waals surface area contributed by atoms with Crippen LogP contribution in [0.15, 0.2) is 24.4 Å². The summed E-state index contributed by atoms with van der Waals surface area (Å²) >= 11 is 0. The smallest absolute Gasteiger partial charge is 0.337 e. The fraction of sp³-hybridized carbons (Fsp3) is 0.400. The van der Waals surface area contributed by atoms with Gasteiger partial charge in [0.1, 0.15) is 0 Å². The van der Waals surface area contributed by atoms with E-state index in [9.17, 15) is 4.79 Å².